The van der Waals surface area contributed by atoms with E-state index in [1.807, 2.05) is 13.8 Å². The van der Waals surface area contributed by atoms with Crippen LogP contribution in [0.4, 0.5) is 0 Å². The fraction of sp³-hybridized carbons (Fsp3) is 0.500. The molecule has 0 bridgehead atoms. The Morgan fingerprint density at radius 1 is 1.48 bits per heavy atom. The highest BCUT2D eigenvalue weighted by Crippen LogP contribution is 2.31. The highest BCUT2D eigenvalue weighted by molar-refractivity contribution is 5.91. The summed E-state index contributed by atoms with van der Waals surface area (Å²) in [4.78, 5) is 33.8. The van der Waals surface area contributed by atoms with Gasteiger partial charge in [-0.05, 0) is 33.1 Å². The molecule has 2 aromatic heterocycles. The number of hydrogen-bond acceptors (Lipinski definition) is 5. The molecule has 0 radical (unpaired) electrons. The molecule has 2 aromatic rings. The summed E-state index contributed by atoms with van der Waals surface area (Å²) < 4.78 is 5.07. The lowest BCUT2D eigenvalue weighted by Gasteiger charge is -2.23. The first-order valence-corrected chi connectivity index (χ1v) is 7.85. The highest BCUT2D eigenvalue weighted by atomic mass is 16.5. The Morgan fingerprint density at radius 2 is 2.26 bits per heavy atom. The molecule has 1 fully saturated rings. The molecule has 1 N–H and O–H groups in total. The van der Waals surface area contributed by atoms with Crippen molar-refractivity contribution in [3.8, 4) is 0 Å². The third kappa shape index (κ3) is 2.78. The lowest BCUT2D eigenvalue weighted by Crippen LogP contribution is -2.33. The summed E-state index contributed by atoms with van der Waals surface area (Å²) in [5, 5.41) is 3.76. The van der Waals surface area contributed by atoms with E-state index < -0.39 is 0 Å². The maximum atomic E-state index is 12.6. The van der Waals surface area contributed by atoms with Crippen molar-refractivity contribution in [2.75, 3.05) is 6.54 Å². The molecule has 122 valence electrons. The van der Waals surface area contributed by atoms with Gasteiger partial charge in [-0.1, -0.05) is 12.1 Å². The largest absolute Gasteiger partial charge is 0.351 e. The van der Waals surface area contributed by atoms with Gasteiger partial charge in [-0.3, -0.25) is 9.59 Å². The smallest absolute Gasteiger partial charge is 0.293 e. The fourth-order valence-corrected chi connectivity index (χ4v) is 3.11. The Hall–Kier alpha value is -2.44. The van der Waals surface area contributed by atoms with Crippen LogP contribution in [0.25, 0.3) is 0 Å². The Kier molecular flexibility index (Phi) is 4.02. The van der Waals surface area contributed by atoms with Crippen LogP contribution in [-0.4, -0.2) is 32.5 Å². The molecule has 0 spiro atoms. The molecule has 23 heavy (non-hydrogen) atoms. The molecule has 1 aliphatic heterocycles. The summed E-state index contributed by atoms with van der Waals surface area (Å²) in [7, 11) is 0. The van der Waals surface area contributed by atoms with Gasteiger partial charge < -0.3 is 14.4 Å². The molecule has 3 heterocycles. The topological polar surface area (TPSA) is 92.1 Å². The van der Waals surface area contributed by atoms with Gasteiger partial charge in [0.15, 0.2) is 0 Å². The van der Waals surface area contributed by atoms with Crippen LogP contribution in [0, 0.1) is 13.8 Å². The predicted molar refractivity (Wildman–Crippen MR) is 83.2 cm³/mol. The molecule has 7 nitrogen and oxygen atoms in total. The van der Waals surface area contributed by atoms with Crippen molar-refractivity contribution in [2.45, 2.75) is 46.1 Å². The molecule has 0 aliphatic carbocycles. The molecule has 1 aliphatic rings. The van der Waals surface area contributed by atoms with Crippen molar-refractivity contribution in [1.82, 2.24) is 20.0 Å². The molecular weight excluding hydrogens is 296 g/mol. The molecule has 1 atom stereocenters. The second-order valence-corrected chi connectivity index (χ2v) is 5.86. The Balaban J connectivity index is 1.93. The standard InChI is InChI=1S/C16H20N4O3/c1-4-11-10(3)17-14(18-15(11)21)12-6-5-7-20(12)16(22)13-8-9(2)19-23-13/h8,12H,4-7H2,1-3H3,(H,17,18,21)/t12-/m0/s1. The third-order valence-electron chi connectivity index (χ3n) is 4.26. The van der Waals surface area contributed by atoms with Gasteiger partial charge in [0.25, 0.3) is 11.5 Å². The van der Waals surface area contributed by atoms with Crippen LogP contribution in [0.1, 0.15) is 59.1 Å². The van der Waals surface area contributed by atoms with Crippen LogP contribution in [0.3, 0.4) is 0 Å². The molecule has 0 aromatic carbocycles. The summed E-state index contributed by atoms with van der Waals surface area (Å²) in [6.07, 6.45) is 2.27. The molecule has 1 amide bonds. The third-order valence-corrected chi connectivity index (χ3v) is 4.26. The summed E-state index contributed by atoms with van der Waals surface area (Å²) >= 11 is 0. The second kappa shape index (κ2) is 5.98. The van der Waals surface area contributed by atoms with Gasteiger partial charge in [0, 0.05) is 23.9 Å². The minimum Gasteiger partial charge on any atom is -0.351 e. The van der Waals surface area contributed by atoms with Gasteiger partial charge in [0.05, 0.1) is 11.7 Å². The Morgan fingerprint density at radius 3 is 2.87 bits per heavy atom. The SMILES string of the molecule is CCc1c(C)nc([C@@H]2CCCN2C(=O)c2cc(C)no2)[nH]c1=O. The molecule has 0 unspecified atom stereocenters. The number of rotatable bonds is 3. The number of H-pyrrole nitrogens is 1. The number of carbonyl (C=O) groups excluding carboxylic acids is 1. The van der Waals surface area contributed by atoms with E-state index in [1.165, 1.54) is 0 Å². The van der Waals surface area contributed by atoms with E-state index in [0.717, 1.165) is 18.5 Å². The number of aromatic nitrogens is 3. The van der Waals surface area contributed by atoms with Crippen LogP contribution in [0.2, 0.25) is 0 Å². The summed E-state index contributed by atoms with van der Waals surface area (Å²) in [6, 6.07) is 1.39. The van der Waals surface area contributed by atoms with E-state index in [4.69, 9.17) is 4.52 Å². The number of hydrogen-bond donors (Lipinski definition) is 1. The molecule has 0 saturated carbocycles. The van der Waals surface area contributed by atoms with E-state index in [0.29, 0.717) is 30.0 Å². The summed E-state index contributed by atoms with van der Waals surface area (Å²) in [5.41, 5.74) is 1.96. The maximum absolute atomic E-state index is 12.6. The van der Waals surface area contributed by atoms with Crippen LogP contribution < -0.4 is 5.56 Å². The van der Waals surface area contributed by atoms with Crippen LogP contribution in [0.15, 0.2) is 15.4 Å². The lowest BCUT2D eigenvalue weighted by atomic mass is 10.1. The number of nitrogens with zero attached hydrogens (tertiary/aromatic N) is 3. The van der Waals surface area contributed by atoms with Crippen molar-refractivity contribution in [1.29, 1.82) is 0 Å². The first-order chi connectivity index (χ1) is 11.0. The predicted octanol–water partition coefficient (Wildman–Crippen LogP) is 1.91. The minimum absolute atomic E-state index is 0.121. The zero-order valence-electron chi connectivity index (χ0n) is 13.5. The number of aryl methyl sites for hydroxylation is 2. The van der Waals surface area contributed by atoms with E-state index in [2.05, 4.69) is 15.1 Å². The van der Waals surface area contributed by atoms with Gasteiger partial charge >= 0.3 is 0 Å². The van der Waals surface area contributed by atoms with Crippen LogP contribution in [-0.2, 0) is 6.42 Å². The summed E-state index contributed by atoms with van der Waals surface area (Å²) in [5.74, 6) is 0.554. The van der Waals surface area contributed by atoms with Gasteiger partial charge in [-0.2, -0.15) is 0 Å². The van der Waals surface area contributed by atoms with Gasteiger partial charge in [-0.15, -0.1) is 0 Å². The molecular formula is C16H20N4O3. The van der Waals surface area contributed by atoms with Gasteiger partial charge in [0.2, 0.25) is 5.76 Å². The highest BCUT2D eigenvalue weighted by Gasteiger charge is 2.34. The Labute approximate surface area is 133 Å². The van der Waals surface area contributed by atoms with Gasteiger partial charge in [-0.25, -0.2) is 4.98 Å². The normalized spacial score (nSPS) is 17.7. The van der Waals surface area contributed by atoms with Crippen molar-refractivity contribution in [2.24, 2.45) is 0 Å². The molecule has 1 saturated heterocycles. The first-order valence-electron chi connectivity index (χ1n) is 7.85. The zero-order valence-corrected chi connectivity index (χ0v) is 13.5. The second-order valence-electron chi connectivity index (χ2n) is 5.86. The van der Waals surface area contributed by atoms with Crippen molar-refractivity contribution in [3.63, 3.8) is 0 Å². The number of amides is 1. The number of aromatic amines is 1. The lowest BCUT2D eigenvalue weighted by molar-refractivity contribution is 0.0687. The maximum Gasteiger partial charge on any atom is 0.293 e. The summed E-state index contributed by atoms with van der Waals surface area (Å²) in [6.45, 7) is 6.14. The van der Waals surface area contributed by atoms with Crippen molar-refractivity contribution < 1.29 is 9.32 Å². The van der Waals surface area contributed by atoms with E-state index in [1.54, 1.807) is 17.9 Å². The number of carbonyl (C=O) groups is 1. The minimum atomic E-state index is -0.231. The van der Waals surface area contributed by atoms with E-state index in [9.17, 15) is 9.59 Å². The van der Waals surface area contributed by atoms with Crippen molar-refractivity contribution >= 4 is 5.91 Å². The average Bonchev–Trinajstić information content (AvgIpc) is 3.15. The van der Waals surface area contributed by atoms with Gasteiger partial charge in [0.1, 0.15) is 5.82 Å². The molecule has 7 heteroatoms. The Bertz CT molecular complexity index is 793. The number of nitrogens with one attached hydrogen (secondary N) is 1. The number of likely N-dealkylation sites (tertiary alicyclic amines) is 1. The van der Waals surface area contributed by atoms with Crippen LogP contribution >= 0.6 is 0 Å². The van der Waals surface area contributed by atoms with E-state index >= 15 is 0 Å². The zero-order chi connectivity index (χ0) is 16.6. The monoisotopic (exact) mass is 316 g/mol. The quantitative estimate of drug-likeness (QED) is 0.934. The van der Waals surface area contributed by atoms with Crippen LogP contribution in [0.5, 0.6) is 0 Å². The molecule has 3 rings (SSSR count). The van der Waals surface area contributed by atoms with E-state index in [-0.39, 0.29) is 23.3 Å². The van der Waals surface area contributed by atoms with Crippen molar-refractivity contribution in [3.05, 3.63) is 45.0 Å². The first kappa shape index (κ1) is 15.5. The average molecular weight is 316 g/mol. The fourth-order valence-electron chi connectivity index (χ4n) is 3.11.